The molecule has 0 spiro atoms. The molecule has 2 heterocycles. The fourth-order valence-corrected chi connectivity index (χ4v) is 1.88. The molecule has 3 rings (SSSR count). The van der Waals surface area contributed by atoms with Gasteiger partial charge in [0.1, 0.15) is 5.82 Å². The normalized spacial score (nSPS) is 10.6. The molecule has 2 N–H and O–H groups in total. The molecular weight excluding hydrogens is 210 g/mol. The summed E-state index contributed by atoms with van der Waals surface area (Å²) in [6.45, 7) is 0. The fourth-order valence-electron chi connectivity index (χ4n) is 1.88. The van der Waals surface area contributed by atoms with Gasteiger partial charge in [-0.05, 0) is 17.7 Å². The molecule has 0 saturated carbocycles. The van der Waals surface area contributed by atoms with Crippen LogP contribution in [0.25, 0.3) is 22.0 Å². The molecule has 82 valence electrons. The number of hydrogen-bond acceptors (Lipinski definition) is 3. The van der Waals surface area contributed by atoms with E-state index in [4.69, 9.17) is 5.73 Å². The molecule has 1 aromatic carbocycles. The smallest absolute Gasteiger partial charge is 0.132 e. The molecule has 0 bridgehead atoms. The van der Waals surface area contributed by atoms with Crippen molar-refractivity contribution in [2.24, 2.45) is 0 Å². The van der Waals surface area contributed by atoms with Gasteiger partial charge in [-0.25, -0.2) is 4.98 Å². The number of anilines is 1. The van der Waals surface area contributed by atoms with Gasteiger partial charge in [-0.2, -0.15) is 0 Å². The highest BCUT2D eigenvalue weighted by atomic mass is 14.8. The van der Waals surface area contributed by atoms with Crippen molar-refractivity contribution in [3.8, 4) is 11.1 Å². The number of hydrogen-bond donors (Lipinski definition) is 1. The maximum Gasteiger partial charge on any atom is 0.132 e. The Bertz CT molecular complexity index is 663. The lowest BCUT2D eigenvalue weighted by Crippen LogP contribution is -1.95. The predicted molar refractivity (Wildman–Crippen MR) is 69.4 cm³/mol. The molecule has 0 aliphatic heterocycles. The van der Waals surface area contributed by atoms with E-state index in [-0.39, 0.29) is 0 Å². The number of nitrogens with zero attached hydrogens (tertiary/aromatic N) is 2. The summed E-state index contributed by atoms with van der Waals surface area (Å²) in [5.74, 6) is 0.551. The summed E-state index contributed by atoms with van der Waals surface area (Å²) < 4.78 is 0. The fraction of sp³-hybridized carbons (Fsp3) is 0. The van der Waals surface area contributed by atoms with Gasteiger partial charge in [0.05, 0.1) is 5.52 Å². The molecule has 0 aliphatic rings. The van der Waals surface area contributed by atoms with Gasteiger partial charge in [-0.3, -0.25) is 4.98 Å². The van der Waals surface area contributed by atoms with Crippen molar-refractivity contribution in [2.45, 2.75) is 0 Å². The van der Waals surface area contributed by atoms with Gasteiger partial charge >= 0.3 is 0 Å². The lowest BCUT2D eigenvalue weighted by atomic mass is 10.1. The zero-order valence-electron chi connectivity index (χ0n) is 9.17. The van der Waals surface area contributed by atoms with Crippen LogP contribution in [0.1, 0.15) is 0 Å². The maximum atomic E-state index is 5.99. The van der Waals surface area contributed by atoms with Gasteiger partial charge in [0.25, 0.3) is 0 Å². The Hall–Kier alpha value is -2.42. The minimum atomic E-state index is 0.551. The summed E-state index contributed by atoms with van der Waals surface area (Å²) in [4.78, 5) is 8.49. The largest absolute Gasteiger partial charge is 0.383 e. The Morgan fingerprint density at radius 3 is 2.65 bits per heavy atom. The molecule has 0 fully saturated rings. The molecule has 17 heavy (non-hydrogen) atoms. The second kappa shape index (κ2) is 3.87. The van der Waals surface area contributed by atoms with E-state index in [1.807, 2.05) is 42.5 Å². The van der Waals surface area contributed by atoms with Gasteiger partial charge in [-0.15, -0.1) is 0 Å². The standard InChI is InChI=1S/C14H11N3/c15-14-12(10-4-2-1-3-5-10)8-11-9-16-7-6-13(11)17-14/h1-9H,(H2,15,17). The van der Waals surface area contributed by atoms with E-state index in [9.17, 15) is 0 Å². The Kier molecular flexibility index (Phi) is 2.22. The first-order valence-corrected chi connectivity index (χ1v) is 5.40. The van der Waals surface area contributed by atoms with Crippen LogP contribution < -0.4 is 5.73 Å². The van der Waals surface area contributed by atoms with Crippen molar-refractivity contribution in [1.82, 2.24) is 9.97 Å². The van der Waals surface area contributed by atoms with E-state index >= 15 is 0 Å². The number of nitrogens with two attached hydrogens (primary N) is 1. The Morgan fingerprint density at radius 1 is 1.00 bits per heavy atom. The molecular formula is C14H11N3. The highest BCUT2D eigenvalue weighted by Gasteiger charge is 2.05. The van der Waals surface area contributed by atoms with Crippen LogP contribution in [0, 0.1) is 0 Å². The molecule has 0 saturated heterocycles. The van der Waals surface area contributed by atoms with E-state index < -0.39 is 0 Å². The maximum absolute atomic E-state index is 5.99. The van der Waals surface area contributed by atoms with Crippen LogP contribution in [0.3, 0.4) is 0 Å². The van der Waals surface area contributed by atoms with Crippen LogP contribution >= 0.6 is 0 Å². The van der Waals surface area contributed by atoms with Gasteiger partial charge in [0, 0.05) is 23.3 Å². The molecule has 0 atom stereocenters. The quantitative estimate of drug-likeness (QED) is 0.687. The van der Waals surface area contributed by atoms with Crippen molar-refractivity contribution in [2.75, 3.05) is 5.73 Å². The minimum Gasteiger partial charge on any atom is -0.383 e. The van der Waals surface area contributed by atoms with Crippen molar-refractivity contribution < 1.29 is 0 Å². The summed E-state index contributed by atoms with van der Waals surface area (Å²) in [6.07, 6.45) is 3.52. The zero-order chi connectivity index (χ0) is 11.7. The van der Waals surface area contributed by atoms with Crippen LogP contribution in [-0.2, 0) is 0 Å². The van der Waals surface area contributed by atoms with E-state index in [1.165, 1.54) is 0 Å². The highest BCUT2D eigenvalue weighted by Crippen LogP contribution is 2.27. The summed E-state index contributed by atoms with van der Waals surface area (Å²) in [6, 6.07) is 13.9. The zero-order valence-corrected chi connectivity index (χ0v) is 9.17. The van der Waals surface area contributed by atoms with E-state index in [2.05, 4.69) is 9.97 Å². The second-order valence-electron chi connectivity index (χ2n) is 3.86. The topological polar surface area (TPSA) is 51.8 Å². The molecule has 0 amide bonds. The van der Waals surface area contributed by atoms with Crippen LogP contribution in [0.5, 0.6) is 0 Å². The summed E-state index contributed by atoms with van der Waals surface area (Å²) >= 11 is 0. The Morgan fingerprint density at radius 2 is 1.82 bits per heavy atom. The van der Waals surface area contributed by atoms with Crippen LogP contribution in [0.2, 0.25) is 0 Å². The number of aromatic nitrogens is 2. The van der Waals surface area contributed by atoms with Crippen molar-refractivity contribution in [1.29, 1.82) is 0 Å². The SMILES string of the molecule is Nc1nc2ccncc2cc1-c1ccccc1. The van der Waals surface area contributed by atoms with Crippen LogP contribution in [0.4, 0.5) is 5.82 Å². The molecule has 0 radical (unpaired) electrons. The monoisotopic (exact) mass is 221 g/mol. The number of pyridine rings is 2. The predicted octanol–water partition coefficient (Wildman–Crippen LogP) is 2.88. The van der Waals surface area contributed by atoms with E-state index in [0.29, 0.717) is 5.82 Å². The molecule has 3 nitrogen and oxygen atoms in total. The average Bonchev–Trinajstić information content (AvgIpc) is 2.39. The lowest BCUT2D eigenvalue weighted by Gasteiger charge is -2.06. The van der Waals surface area contributed by atoms with Crippen LogP contribution in [-0.4, -0.2) is 9.97 Å². The third-order valence-electron chi connectivity index (χ3n) is 2.73. The van der Waals surface area contributed by atoms with E-state index in [1.54, 1.807) is 12.4 Å². The second-order valence-corrected chi connectivity index (χ2v) is 3.86. The first-order chi connectivity index (χ1) is 8.34. The Labute approximate surface area is 98.9 Å². The molecule has 0 unspecified atom stereocenters. The van der Waals surface area contributed by atoms with Crippen molar-refractivity contribution in [3.63, 3.8) is 0 Å². The first kappa shape index (κ1) is 9.78. The number of rotatable bonds is 1. The molecule has 2 aromatic heterocycles. The van der Waals surface area contributed by atoms with Gasteiger partial charge in [-0.1, -0.05) is 30.3 Å². The first-order valence-electron chi connectivity index (χ1n) is 5.40. The third kappa shape index (κ3) is 1.72. The number of nitrogen functional groups attached to an aromatic ring is 1. The number of fused-ring (bicyclic) bond motifs is 1. The van der Waals surface area contributed by atoms with Crippen LogP contribution in [0.15, 0.2) is 54.9 Å². The van der Waals surface area contributed by atoms with Crippen molar-refractivity contribution in [3.05, 3.63) is 54.9 Å². The minimum absolute atomic E-state index is 0.551. The molecule has 0 aliphatic carbocycles. The summed E-state index contributed by atoms with van der Waals surface area (Å²) in [5.41, 5.74) is 8.88. The Balaban J connectivity index is 2.27. The van der Waals surface area contributed by atoms with Gasteiger partial charge < -0.3 is 5.73 Å². The summed E-state index contributed by atoms with van der Waals surface area (Å²) in [7, 11) is 0. The number of benzene rings is 1. The third-order valence-corrected chi connectivity index (χ3v) is 2.73. The average molecular weight is 221 g/mol. The van der Waals surface area contributed by atoms with E-state index in [0.717, 1.165) is 22.0 Å². The lowest BCUT2D eigenvalue weighted by molar-refractivity contribution is 1.33. The molecule has 3 heteroatoms. The van der Waals surface area contributed by atoms with Gasteiger partial charge in [0.2, 0.25) is 0 Å². The summed E-state index contributed by atoms with van der Waals surface area (Å²) in [5, 5.41) is 1.00. The van der Waals surface area contributed by atoms with Gasteiger partial charge in [0.15, 0.2) is 0 Å². The highest BCUT2D eigenvalue weighted by molar-refractivity contribution is 5.88. The van der Waals surface area contributed by atoms with Crippen molar-refractivity contribution >= 4 is 16.7 Å². The molecule has 3 aromatic rings.